The smallest absolute Gasteiger partial charge is 0.345 e. The molecule has 0 radical (unpaired) electrons. The summed E-state index contributed by atoms with van der Waals surface area (Å²) in [6, 6.07) is 10.4. The molecule has 2 amide bonds. The quantitative estimate of drug-likeness (QED) is 0.617. The van der Waals surface area contributed by atoms with Crippen LogP contribution in [0.15, 0.2) is 36.4 Å². The number of rotatable bonds is 6. The lowest BCUT2D eigenvalue weighted by Gasteiger charge is -2.21. The number of ether oxygens (including phenoxy) is 2. The van der Waals surface area contributed by atoms with Crippen LogP contribution < -0.4 is 19.9 Å². The summed E-state index contributed by atoms with van der Waals surface area (Å²) >= 11 is 0. The molecule has 2 rings (SSSR count). The Morgan fingerprint density at radius 2 is 1.92 bits per heavy atom. The van der Waals surface area contributed by atoms with Gasteiger partial charge >= 0.3 is 6.03 Å². The average molecular weight is 344 g/mol. The van der Waals surface area contributed by atoms with Gasteiger partial charge in [0.05, 0.1) is 17.9 Å². The molecule has 0 aliphatic rings. The van der Waals surface area contributed by atoms with Gasteiger partial charge in [0.2, 0.25) is 0 Å². The van der Waals surface area contributed by atoms with Gasteiger partial charge in [0, 0.05) is 7.05 Å². The molecule has 0 aromatic heterocycles. The van der Waals surface area contributed by atoms with Crippen LogP contribution in [0.2, 0.25) is 0 Å². The summed E-state index contributed by atoms with van der Waals surface area (Å²) in [6.45, 7) is 6.48. The molecule has 2 aromatic carbocycles. The molecule has 134 valence electrons. The van der Waals surface area contributed by atoms with Crippen LogP contribution in [-0.2, 0) is 6.61 Å². The Morgan fingerprint density at radius 1 is 1.16 bits per heavy atom. The number of benzene rings is 2. The minimum atomic E-state index is -0.638. The van der Waals surface area contributed by atoms with Crippen molar-refractivity contribution in [2.45, 2.75) is 27.4 Å². The lowest BCUT2D eigenvalue weighted by molar-refractivity contribution is 0.205. The molecule has 0 saturated heterocycles. The molecule has 6 heteroatoms. The van der Waals surface area contributed by atoms with E-state index in [0.717, 1.165) is 16.9 Å². The molecule has 0 spiro atoms. The molecule has 0 aliphatic carbocycles. The number of urea groups is 1. The van der Waals surface area contributed by atoms with E-state index in [2.05, 4.69) is 5.32 Å². The van der Waals surface area contributed by atoms with Gasteiger partial charge in [-0.2, -0.15) is 5.06 Å². The van der Waals surface area contributed by atoms with Crippen LogP contribution in [0.5, 0.6) is 11.5 Å². The van der Waals surface area contributed by atoms with Crippen LogP contribution in [0.1, 0.15) is 23.6 Å². The van der Waals surface area contributed by atoms with Crippen molar-refractivity contribution >= 4 is 11.7 Å². The van der Waals surface area contributed by atoms with Gasteiger partial charge in [-0.3, -0.25) is 5.21 Å². The van der Waals surface area contributed by atoms with E-state index in [-0.39, 0.29) is 6.61 Å². The van der Waals surface area contributed by atoms with Crippen molar-refractivity contribution in [3.63, 3.8) is 0 Å². The molecule has 0 aliphatic heterocycles. The minimum Gasteiger partial charge on any atom is -0.493 e. The Bertz CT molecular complexity index is 746. The zero-order valence-corrected chi connectivity index (χ0v) is 15.0. The van der Waals surface area contributed by atoms with Gasteiger partial charge in [0.15, 0.2) is 0 Å². The molecule has 0 atom stereocenters. The van der Waals surface area contributed by atoms with Crippen LogP contribution in [-0.4, -0.2) is 24.9 Å². The van der Waals surface area contributed by atoms with Crippen LogP contribution in [0.3, 0.4) is 0 Å². The second-order valence-electron chi connectivity index (χ2n) is 5.61. The van der Waals surface area contributed by atoms with Crippen LogP contribution in [0.4, 0.5) is 10.5 Å². The summed E-state index contributed by atoms with van der Waals surface area (Å²) in [4.78, 5) is 11.8. The summed E-state index contributed by atoms with van der Waals surface area (Å²) in [5.74, 6) is 1.31. The van der Waals surface area contributed by atoms with Gasteiger partial charge in [-0.25, -0.2) is 4.79 Å². The summed E-state index contributed by atoms with van der Waals surface area (Å²) in [7, 11) is 1.45. The van der Waals surface area contributed by atoms with Gasteiger partial charge in [-0.05, 0) is 44.5 Å². The van der Waals surface area contributed by atoms with Gasteiger partial charge < -0.3 is 14.8 Å². The van der Waals surface area contributed by atoms with Crippen molar-refractivity contribution in [1.29, 1.82) is 0 Å². The Morgan fingerprint density at radius 3 is 2.56 bits per heavy atom. The number of carbonyl (C=O) groups excluding carboxylic acids is 1. The number of anilines is 1. The first-order valence-corrected chi connectivity index (χ1v) is 8.13. The largest absolute Gasteiger partial charge is 0.493 e. The van der Waals surface area contributed by atoms with E-state index in [1.807, 2.05) is 39.0 Å². The third-order valence-corrected chi connectivity index (χ3v) is 3.75. The average Bonchev–Trinajstić information content (AvgIpc) is 2.60. The Labute approximate surface area is 147 Å². The molecular formula is C19H24N2O4. The van der Waals surface area contributed by atoms with Crippen LogP contribution in [0, 0.1) is 13.8 Å². The zero-order chi connectivity index (χ0) is 18.4. The first-order valence-electron chi connectivity index (χ1n) is 8.13. The SMILES string of the molecule is CCOc1cccc(N(O)C(=O)NC)c1COc1ccc(C)cc1C. The van der Waals surface area contributed by atoms with E-state index >= 15 is 0 Å². The van der Waals surface area contributed by atoms with E-state index in [0.29, 0.717) is 28.7 Å². The number of aryl methyl sites for hydroxylation is 2. The molecular weight excluding hydrogens is 320 g/mol. The fourth-order valence-corrected chi connectivity index (χ4v) is 2.51. The van der Waals surface area contributed by atoms with Crippen molar-refractivity contribution in [3.05, 3.63) is 53.1 Å². The number of carbonyl (C=O) groups is 1. The molecule has 2 N–H and O–H groups in total. The second-order valence-corrected chi connectivity index (χ2v) is 5.61. The van der Waals surface area contributed by atoms with Gasteiger partial charge in [0.1, 0.15) is 18.1 Å². The van der Waals surface area contributed by atoms with E-state index < -0.39 is 6.03 Å². The number of nitrogens with zero attached hydrogens (tertiary/aromatic N) is 1. The monoisotopic (exact) mass is 344 g/mol. The fourth-order valence-electron chi connectivity index (χ4n) is 2.51. The standard InChI is InChI=1S/C19H24N2O4/c1-5-24-18-8-6-7-16(21(23)19(22)20-4)15(18)12-25-17-10-9-13(2)11-14(17)3/h6-11,23H,5,12H2,1-4H3,(H,20,22). The highest BCUT2D eigenvalue weighted by atomic mass is 16.5. The zero-order valence-electron chi connectivity index (χ0n) is 15.0. The number of nitrogens with one attached hydrogen (secondary N) is 1. The maximum atomic E-state index is 11.8. The number of hydrogen-bond donors (Lipinski definition) is 2. The number of amides is 2. The highest BCUT2D eigenvalue weighted by molar-refractivity contribution is 5.90. The first kappa shape index (κ1) is 18.6. The van der Waals surface area contributed by atoms with Crippen LogP contribution in [0.25, 0.3) is 0 Å². The summed E-state index contributed by atoms with van der Waals surface area (Å²) in [5.41, 5.74) is 3.08. The molecule has 2 aromatic rings. The van der Waals surface area contributed by atoms with Crippen molar-refractivity contribution in [2.24, 2.45) is 0 Å². The molecule has 0 bridgehead atoms. The van der Waals surface area contributed by atoms with Crippen LogP contribution >= 0.6 is 0 Å². The van der Waals surface area contributed by atoms with Gasteiger partial charge in [0.25, 0.3) is 0 Å². The normalized spacial score (nSPS) is 10.3. The first-order chi connectivity index (χ1) is 12.0. The van der Waals surface area contributed by atoms with Crippen molar-refractivity contribution < 1.29 is 19.5 Å². The van der Waals surface area contributed by atoms with Crippen molar-refractivity contribution in [2.75, 3.05) is 18.7 Å². The van der Waals surface area contributed by atoms with Gasteiger partial charge in [-0.15, -0.1) is 0 Å². The predicted molar refractivity (Wildman–Crippen MR) is 96.6 cm³/mol. The predicted octanol–water partition coefficient (Wildman–Crippen LogP) is 3.82. The van der Waals surface area contributed by atoms with E-state index in [1.165, 1.54) is 7.05 Å². The van der Waals surface area contributed by atoms with E-state index in [4.69, 9.17) is 9.47 Å². The maximum absolute atomic E-state index is 11.8. The number of hydrogen-bond acceptors (Lipinski definition) is 4. The topological polar surface area (TPSA) is 71.0 Å². The molecule has 0 heterocycles. The fraction of sp³-hybridized carbons (Fsp3) is 0.316. The molecule has 6 nitrogen and oxygen atoms in total. The molecule has 0 saturated carbocycles. The van der Waals surface area contributed by atoms with Gasteiger partial charge in [-0.1, -0.05) is 23.8 Å². The Kier molecular flexibility index (Phi) is 6.25. The molecule has 25 heavy (non-hydrogen) atoms. The highest BCUT2D eigenvalue weighted by Crippen LogP contribution is 2.31. The molecule has 0 fully saturated rings. The summed E-state index contributed by atoms with van der Waals surface area (Å²) < 4.78 is 11.5. The third kappa shape index (κ3) is 4.42. The van der Waals surface area contributed by atoms with E-state index in [1.54, 1.807) is 18.2 Å². The van der Waals surface area contributed by atoms with E-state index in [9.17, 15) is 10.0 Å². The summed E-state index contributed by atoms with van der Waals surface area (Å²) in [5, 5.41) is 13.1. The maximum Gasteiger partial charge on any atom is 0.345 e. The third-order valence-electron chi connectivity index (χ3n) is 3.75. The van der Waals surface area contributed by atoms with Crippen molar-refractivity contribution in [3.8, 4) is 11.5 Å². The molecule has 0 unspecified atom stereocenters. The number of hydroxylamine groups is 1. The Hall–Kier alpha value is -2.73. The lowest BCUT2D eigenvalue weighted by Crippen LogP contribution is -2.36. The summed E-state index contributed by atoms with van der Waals surface area (Å²) in [6.07, 6.45) is 0. The minimum absolute atomic E-state index is 0.156. The Balaban J connectivity index is 2.34. The second kappa shape index (κ2) is 8.39. The lowest BCUT2D eigenvalue weighted by atomic mass is 10.1. The van der Waals surface area contributed by atoms with Crippen molar-refractivity contribution in [1.82, 2.24) is 5.32 Å². The highest BCUT2D eigenvalue weighted by Gasteiger charge is 2.19.